The van der Waals surface area contributed by atoms with Crippen LogP contribution in [0.25, 0.3) is 0 Å². The first-order valence-electron chi connectivity index (χ1n) is 11.0. The number of fused-ring (bicyclic) bond motifs is 3. The van der Waals surface area contributed by atoms with Gasteiger partial charge in [-0.2, -0.15) is 0 Å². The zero-order valence-corrected chi connectivity index (χ0v) is 19.1. The van der Waals surface area contributed by atoms with Gasteiger partial charge in [0.25, 0.3) is 5.91 Å². The molecule has 2 atom stereocenters. The van der Waals surface area contributed by atoms with Crippen molar-refractivity contribution in [2.24, 2.45) is 5.41 Å². The topological polar surface area (TPSA) is 101 Å². The molecular weight excluding hydrogens is 449 g/mol. The van der Waals surface area contributed by atoms with Gasteiger partial charge in [-0.05, 0) is 62.8 Å². The van der Waals surface area contributed by atoms with Gasteiger partial charge in [0.1, 0.15) is 11.6 Å². The third kappa shape index (κ3) is 4.82. The SMILES string of the molecule is CC(NC(=O)C12CCC(NC(=O)COc3ccc(Cl)c(F)c3)(CC1)CC2O)c1cccnc1. The quantitative estimate of drug-likeness (QED) is 0.570. The van der Waals surface area contributed by atoms with Crippen LogP contribution in [0.2, 0.25) is 5.02 Å². The molecule has 3 fully saturated rings. The minimum Gasteiger partial charge on any atom is -0.484 e. The average Bonchev–Trinajstić information content (AvgIpc) is 2.81. The molecule has 9 heteroatoms. The van der Waals surface area contributed by atoms with Gasteiger partial charge in [0.2, 0.25) is 5.91 Å². The number of aromatic nitrogens is 1. The highest BCUT2D eigenvalue weighted by molar-refractivity contribution is 6.30. The molecule has 5 rings (SSSR count). The number of rotatable bonds is 7. The maximum Gasteiger partial charge on any atom is 0.258 e. The van der Waals surface area contributed by atoms with E-state index in [4.69, 9.17) is 16.3 Å². The van der Waals surface area contributed by atoms with Gasteiger partial charge in [-0.25, -0.2) is 4.39 Å². The van der Waals surface area contributed by atoms with Crippen molar-refractivity contribution in [3.8, 4) is 5.75 Å². The second-order valence-corrected chi connectivity index (χ2v) is 9.46. The van der Waals surface area contributed by atoms with Crippen LogP contribution in [0.3, 0.4) is 0 Å². The molecule has 7 nitrogen and oxygen atoms in total. The van der Waals surface area contributed by atoms with Crippen LogP contribution in [-0.4, -0.2) is 40.2 Å². The summed E-state index contributed by atoms with van der Waals surface area (Å²) >= 11 is 5.65. The normalized spacial score (nSPS) is 27.0. The largest absolute Gasteiger partial charge is 0.484 e. The zero-order chi connectivity index (χ0) is 23.6. The maximum absolute atomic E-state index is 13.5. The molecule has 0 saturated heterocycles. The number of carbonyl (C=O) groups is 2. The lowest BCUT2D eigenvalue weighted by atomic mass is 9.55. The molecule has 2 aromatic rings. The van der Waals surface area contributed by atoms with E-state index >= 15 is 0 Å². The highest BCUT2D eigenvalue weighted by atomic mass is 35.5. The van der Waals surface area contributed by atoms with E-state index in [2.05, 4.69) is 15.6 Å². The number of nitrogens with one attached hydrogen (secondary N) is 2. The van der Waals surface area contributed by atoms with Gasteiger partial charge in [0.15, 0.2) is 6.61 Å². The van der Waals surface area contributed by atoms with Crippen LogP contribution >= 0.6 is 11.6 Å². The van der Waals surface area contributed by atoms with Crippen LogP contribution in [0.4, 0.5) is 4.39 Å². The number of amides is 2. The summed E-state index contributed by atoms with van der Waals surface area (Å²) in [5.41, 5.74) is -0.548. The maximum atomic E-state index is 13.5. The van der Waals surface area contributed by atoms with Crippen LogP contribution in [0, 0.1) is 11.2 Å². The molecule has 2 amide bonds. The number of hydrogen-bond donors (Lipinski definition) is 3. The van der Waals surface area contributed by atoms with Gasteiger partial charge >= 0.3 is 0 Å². The van der Waals surface area contributed by atoms with E-state index in [1.165, 1.54) is 12.1 Å². The van der Waals surface area contributed by atoms with Crippen molar-refractivity contribution in [3.63, 3.8) is 0 Å². The van der Waals surface area contributed by atoms with Crippen molar-refractivity contribution < 1.29 is 23.8 Å². The predicted molar refractivity (Wildman–Crippen MR) is 120 cm³/mol. The molecule has 0 spiro atoms. The Kier molecular flexibility index (Phi) is 6.59. The number of halogens is 2. The molecule has 3 saturated carbocycles. The van der Waals surface area contributed by atoms with Gasteiger partial charge in [-0.15, -0.1) is 0 Å². The van der Waals surface area contributed by atoms with Crippen LogP contribution < -0.4 is 15.4 Å². The Morgan fingerprint density at radius 1 is 1.30 bits per heavy atom. The number of nitrogens with zero attached hydrogens (tertiary/aromatic N) is 1. The molecule has 2 unspecified atom stereocenters. The number of aliphatic hydroxyl groups excluding tert-OH is 1. The fourth-order valence-corrected chi connectivity index (χ4v) is 5.05. The van der Waals surface area contributed by atoms with Gasteiger partial charge in [0.05, 0.1) is 22.6 Å². The number of carbonyl (C=O) groups excluding carboxylic acids is 2. The van der Waals surface area contributed by atoms with Crippen molar-refractivity contribution >= 4 is 23.4 Å². The van der Waals surface area contributed by atoms with Crippen molar-refractivity contribution in [1.82, 2.24) is 15.6 Å². The van der Waals surface area contributed by atoms with E-state index in [-0.39, 0.29) is 35.2 Å². The summed E-state index contributed by atoms with van der Waals surface area (Å²) in [4.78, 5) is 29.8. The molecule has 33 heavy (non-hydrogen) atoms. The van der Waals surface area contributed by atoms with Gasteiger partial charge < -0.3 is 20.5 Å². The molecule has 2 bridgehead atoms. The molecule has 1 aromatic carbocycles. The van der Waals surface area contributed by atoms with Crippen molar-refractivity contribution in [3.05, 3.63) is 59.1 Å². The zero-order valence-electron chi connectivity index (χ0n) is 18.3. The standard InChI is InChI=1S/C24H27ClFN3O4/c1-15(16-3-2-10-27-13-16)28-22(32)24-8-6-23(7-9-24,12-20(24)30)29-21(31)14-33-17-4-5-18(25)19(26)11-17/h2-5,10-11,13,15,20,30H,6-9,12,14H2,1H3,(H,28,32)(H,29,31). The summed E-state index contributed by atoms with van der Waals surface area (Å²) in [6.07, 6.45) is 4.93. The van der Waals surface area contributed by atoms with Crippen molar-refractivity contribution in [2.75, 3.05) is 6.61 Å². The average molecular weight is 476 g/mol. The second-order valence-electron chi connectivity index (χ2n) is 9.05. The Labute approximate surface area is 196 Å². The Bertz CT molecular complexity index is 1030. The van der Waals surface area contributed by atoms with Crippen LogP contribution in [-0.2, 0) is 9.59 Å². The number of ether oxygens (including phenoxy) is 1. The van der Waals surface area contributed by atoms with Crippen LogP contribution in [0.15, 0.2) is 42.7 Å². The molecule has 3 N–H and O–H groups in total. The first-order chi connectivity index (χ1) is 15.7. The molecule has 3 aliphatic carbocycles. The third-order valence-electron chi connectivity index (χ3n) is 6.97. The summed E-state index contributed by atoms with van der Waals surface area (Å²) in [6, 6.07) is 7.46. The summed E-state index contributed by atoms with van der Waals surface area (Å²) in [7, 11) is 0. The molecule has 3 aliphatic rings. The number of benzene rings is 1. The van der Waals surface area contributed by atoms with E-state index < -0.39 is 22.9 Å². The van der Waals surface area contributed by atoms with E-state index in [9.17, 15) is 19.1 Å². The smallest absolute Gasteiger partial charge is 0.258 e. The summed E-state index contributed by atoms with van der Waals surface area (Å²) in [6.45, 7) is 1.60. The third-order valence-corrected chi connectivity index (χ3v) is 7.28. The lowest BCUT2D eigenvalue weighted by molar-refractivity contribution is -0.156. The summed E-state index contributed by atoms with van der Waals surface area (Å²) in [5, 5.41) is 16.9. The molecule has 176 valence electrons. The summed E-state index contributed by atoms with van der Waals surface area (Å²) in [5.74, 6) is -0.945. The number of hydrogen-bond acceptors (Lipinski definition) is 5. The Hall–Kier alpha value is -2.71. The molecule has 1 heterocycles. The first-order valence-corrected chi connectivity index (χ1v) is 11.4. The van der Waals surface area contributed by atoms with E-state index in [1.807, 2.05) is 19.1 Å². The Morgan fingerprint density at radius 3 is 2.70 bits per heavy atom. The van der Waals surface area contributed by atoms with Gasteiger partial charge in [-0.1, -0.05) is 17.7 Å². The number of pyridine rings is 1. The molecular formula is C24H27ClFN3O4. The number of aliphatic hydroxyl groups is 1. The summed E-state index contributed by atoms with van der Waals surface area (Å²) < 4.78 is 18.9. The predicted octanol–water partition coefficient (Wildman–Crippen LogP) is 3.31. The molecule has 1 aromatic heterocycles. The van der Waals surface area contributed by atoms with Crippen molar-refractivity contribution in [1.29, 1.82) is 0 Å². The lowest BCUT2D eigenvalue weighted by Gasteiger charge is -2.55. The van der Waals surface area contributed by atoms with Crippen LogP contribution in [0.1, 0.15) is 50.6 Å². The second kappa shape index (κ2) is 9.27. The van der Waals surface area contributed by atoms with E-state index in [1.54, 1.807) is 12.4 Å². The fraction of sp³-hybridized carbons (Fsp3) is 0.458. The molecule has 0 radical (unpaired) electrons. The van der Waals surface area contributed by atoms with Gasteiger partial charge in [0, 0.05) is 24.0 Å². The van der Waals surface area contributed by atoms with Crippen LogP contribution in [0.5, 0.6) is 5.75 Å². The molecule has 0 aliphatic heterocycles. The van der Waals surface area contributed by atoms with Gasteiger partial charge in [-0.3, -0.25) is 14.6 Å². The highest BCUT2D eigenvalue weighted by Gasteiger charge is 2.58. The Balaban J connectivity index is 1.34. The fourth-order valence-electron chi connectivity index (χ4n) is 4.94. The minimum absolute atomic E-state index is 0.0218. The van der Waals surface area contributed by atoms with Crippen molar-refractivity contribution in [2.45, 2.75) is 56.7 Å². The minimum atomic E-state index is -0.868. The lowest BCUT2D eigenvalue weighted by Crippen LogP contribution is -2.65. The first kappa shape index (κ1) is 23.4. The van der Waals surface area contributed by atoms with E-state index in [0.29, 0.717) is 32.1 Å². The monoisotopic (exact) mass is 475 g/mol. The van der Waals surface area contributed by atoms with E-state index in [0.717, 1.165) is 11.6 Å². The Morgan fingerprint density at radius 2 is 2.06 bits per heavy atom. The highest BCUT2D eigenvalue weighted by Crippen LogP contribution is 2.52.